The molecule has 0 amide bonds. The van der Waals surface area contributed by atoms with Gasteiger partial charge in [-0.1, -0.05) is 41.1 Å². The van der Waals surface area contributed by atoms with E-state index in [4.69, 9.17) is 17.0 Å². The standard InChI is InChI=1S/C13H10ClN3S/c14-12-6-5-9(7-16-12)8-17-10-3-1-2-4-11(10)18-13(17)15/h1-7,15H,8H2. The number of benzene rings is 1. The second kappa shape index (κ2) is 4.55. The lowest BCUT2D eigenvalue weighted by Gasteiger charge is -2.04. The molecule has 0 radical (unpaired) electrons. The van der Waals surface area contributed by atoms with Crippen LogP contribution in [0.15, 0.2) is 42.6 Å². The van der Waals surface area contributed by atoms with E-state index in [1.807, 2.05) is 34.9 Å². The van der Waals surface area contributed by atoms with Crippen molar-refractivity contribution in [1.29, 1.82) is 5.41 Å². The number of hydrogen-bond acceptors (Lipinski definition) is 3. The Labute approximate surface area is 113 Å². The monoisotopic (exact) mass is 275 g/mol. The molecule has 3 nitrogen and oxygen atoms in total. The van der Waals surface area contributed by atoms with Crippen LogP contribution in [0, 0.1) is 5.41 Å². The number of hydrogen-bond donors (Lipinski definition) is 1. The van der Waals surface area contributed by atoms with Crippen LogP contribution in [0.5, 0.6) is 0 Å². The van der Waals surface area contributed by atoms with Gasteiger partial charge in [-0.3, -0.25) is 5.41 Å². The van der Waals surface area contributed by atoms with Crippen LogP contribution >= 0.6 is 22.9 Å². The van der Waals surface area contributed by atoms with Crippen LogP contribution in [0.1, 0.15) is 5.56 Å². The molecule has 0 unspecified atom stereocenters. The molecule has 0 bridgehead atoms. The Morgan fingerprint density at radius 3 is 2.83 bits per heavy atom. The summed E-state index contributed by atoms with van der Waals surface area (Å²) >= 11 is 7.25. The molecule has 2 heterocycles. The summed E-state index contributed by atoms with van der Waals surface area (Å²) in [4.78, 5) is 4.61. The lowest BCUT2D eigenvalue weighted by Crippen LogP contribution is -2.13. The third kappa shape index (κ3) is 2.05. The van der Waals surface area contributed by atoms with Gasteiger partial charge in [0.05, 0.1) is 16.8 Å². The van der Waals surface area contributed by atoms with E-state index < -0.39 is 0 Å². The largest absolute Gasteiger partial charge is 0.312 e. The normalized spacial score (nSPS) is 10.9. The van der Waals surface area contributed by atoms with Gasteiger partial charge in [0.2, 0.25) is 0 Å². The first-order valence-corrected chi connectivity index (χ1v) is 6.67. The average Bonchev–Trinajstić information content (AvgIpc) is 2.69. The van der Waals surface area contributed by atoms with Crippen molar-refractivity contribution < 1.29 is 0 Å². The molecule has 1 N–H and O–H groups in total. The van der Waals surface area contributed by atoms with E-state index in [1.165, 1.54) is 11.3 Å². The van der Waals surface area contributed by atoms with Crippen molar-refractivity contribution in [2.24, 2.45) is 0 Å². The van der Waals surface area contributed by atoms with Crippen LogP contribution in [-0.4, -0.2) is 9.55 Å². The molecule has 0 fully saturated rings. The number of rotatable bonds is 2. The lowest BCUT2D eigenvalue weighted by molar-refractivity contribution is 0.785. The third-order valence-corrected chi connectivity index (χ3v) is 3.94. The molecule has 0 aliphatic carbocycles. The Bertz CT molecular complexity index is 743. The Balaban J connectivity index is 2.07. The summed E-state index contributed by atoms with van der Waals surface area (Å²) in [5.41, 5.74) is 2.13. The zero-order valence-corrected chi connectivity index (χ0v) is 11.0. The van der Waals surface area contributed by atoms with Gasteiger partial charge in [-0.25, -0.2) is 4.98 Å². The zero-order valence-electron chi connectivity index (χ0n) is 9.43. The molecule has 0 atom stereocenters. The van der Waals surface area contributed by atoms with E-state index in [9.17, 15) is 0 Å². The Morgan fingerprint density at radius 2 is 2.06 bits per heavy atom. The molecular formula is C13H10ClN3S. The Morgan fingerprint density at radius 1 is 1.22 bits per heavy atom. The van der Waals surface area contributed by atoms with Gasteiger partial charge in [-0.05, 0) is 23.8 Å². The quantitative estimate of drug-likeness (QED) is 0.717. The predicted octanol–water partition coefficient (Wildman–Crippen LogP) is 3.28. The molecule has 1 aromatic carbocycles. The minimum absolute atomic E-state index is 0.491. The fourth-order valence-electron chi connectivity index (χ4n) is 1.87. The van der Waals surface area contributed by atoms with Gasteiger partial charge < -0.3 is 4.57 Å². The van der Waals surface area contributed by atoms with Crippen molar-refractivity contribution in [2.45, 2.75) is 6.54 Å². The number of nitrogens with zero attached hydrogens (tertiary/aromatic N) is 2. The highest BCUT2D eigenvalue weighted by atomic mass is 35.5. The van der Waals surface area contributed by atoms with E-state index in [-0.39, 0.29) is 0 Å². The smallest absolute Gasteiger partial charge is 0.183 e. The second-order valence-corrected chi connectivity index (χ2v) is 5.37. The molecule has 0 saturated carbocycles. The molecule has 18 heavy (non-hydrogen) atoms. The summed E-state index contributed by atoms with van der Waals surface area (Å²) in [5.74, 6) is 0. The maximum Gasteiger partial charge on any atom is 0.183 e. The van der Waals surface area contributed by atoms with E-state index in [1.54, 1.807) is 12.3 Å². The topological polar surface area (TPSA) is 41.7 Å². The van der Waals surface area contributed by atoms with Gasteiger partial charge >= 0.3 is 0 Å². The van der Waals surface area contributed by atoms with Crippen LogP contribution in [0.25, 0.3) is 10.2 Å². The van der Waals surface area contributed by atoms with Gasteiger partial charge in [-0.2, -0.15) is 0 Å². The van der Waals surface area contributed by atoms with Crippen LogP contribution in [0.2, 0.25) is 5.15 Å². The summed E-state index contributed by atoms with van der Waals surface area (Å²) in [7, 11) is 0. The van der Waals surface area contributed by atoms with E-state index in [2.05, 4.69) is 4.98 Å². The minimum Gasteiger partial charge on any atom is -0.312 e. The average molecular weight is 276 g/mol. The van der Waals surface area contributed by atoms with Gasteiger partial charge in [-0.15, -0.1) is 0 Å². The first-order valence-electron chi connectivity index (χ1n) is 5.47. The molecule has 5 heteroatoms. The van der Waals surface area contributed by atoms with Crippen molar-refractivity contribution in [3.05, 3.63) is 58.1 Å². The van der Waals surface area contributed by atoms with Crippen LogP contribution in [0.4, 0.5) is 0 Å². The van der Waals surface area contributed by atoms with E-state index in [0.29, 0.717) is 16.5 Å². The number of fused-ring (bicyclic) bond motifs is 1. The summed E-state index contributed by atoms with van der Waals surface area (Å²) in [6.45, 7) is 0.646. The maximum atomic E-state index is 8.03. The fraction of sp³-hybridized carbons (Fsp3) is 0.0769. The highest BCUT2D eigenvalue weighted by Crippen LogP contribution is 2.17. The molecule has 3 aromatic rings. The molecule has 0 aliphatic rings. The van der Waals surface area contributed by atoms with Crippen molar-refractivity contribution in [3.8, 4) is 0 Å². The fourth-order valence-corrected chi connectivity index (χ4v) is 2.90. The van der Waals surface area contributed by atoms with Crippen LogP contribution < -0.4 is 4.80 Å². The highest BCUT2D eigenvalue weighted by molar-refractivity contribution is 7.16. The van der Waals surface area contributed by atoms with Gasteiger partial charge in [0, 0.05) is 6.20 Å². The molecule has 0 saturated heterocycles. The second-order valence-electron chi connectivity index (χ2n) is 3.95. The summed E-state index contributed by atoms with van der Waals surface area (Å²) in [6.07, 6.45) is 1.75. The van der Waals surface area contributed by atoms with Crippen LogP contribution in [-0.2, 0) is 6.54 Å². The number of aromatic nitrogens is 2. The van der Waals surface area contributed by atoms with E-state index >= 15 is 0 Å². The molecule has 3 rings (SSSR count). The van der Waals surface area contributed by atoms with Crippen molar-refractivity contribution in [1.82, 2.24) is 9.55 Å². The highest BCUT2D eigenvalue weighted by Gasteiger charge is 2.05. The first-order chi connectivity index (χ1) is 8.74. The van der Waals surface area contributed by atoms with Crippen molar-refractivity contribution >= 4 is 33.2 Å². The number of halogens is 1. The molecule has 0 aliphatic heterocycles. The lowest BCUT2D eigenvalue weighted by atomic mass is 10.2. The summed E-state index contributed by atoms with van der Waals surface area (Å²) in [5, 5.41) is 8.52. The maximum absolute atomic E-state index is 8.03. The third-order valence-electron chi connectivity index (χ3n) is 2.74. The van der Waals surface area contributed by atoms with Gasteiger partial charge in [0.1, 0.15) is 5.15 Å². The summed E-state index contributed by atoms with van der Waals surface area (Å²) < 4.78 is 3.11. The zero-order chi connectivity index (χ0) is 12.5. The van der Waals surface area contributed by atoms with Crippen LogP contribution in [0.3, 0.4) is 0 Å². The van der Waals surface area contributed by atoms with Gasteiger partial charge in [0.15, 0.2) is 4.80 Å². The van der Waals surface area contributed by atoms with Gasteiger partial charge in [0.25, 0.3) is 0 Å². The number of thiazole rings is 1. The minimum atomic E-state index is 0.491. The Kier molecular flexibility index (Phi) is 2.89. The number of nitrogens with one attached hydrogen (secondary N) is 1. The first kappa shape index (κ1) is 11.4. The molecule has 0 spiro atoms. The Hall–Kier alpha value is -1.65. The summed E-state index contributed by atoms with van der Waals surface area (Å²) in [6, 6.07) is 11.8. The van der Waals surface area contributed by atoms with E-state index in [0.717, 1.165) is 15.8 Å². The molecular weight excluding hydrogens is 266 g/mol. The number of para-hydroxylation sites is 1. The van der Waals surface area contributed by atoms with Crippen molar-refractivity contribution in [3.63, 3.8) is 0 Å². The SMILES string of the molecule is N=c1sc2ccccc2n1Cc1ccc(Cl)nc1. The number of pyridine rings is 1. The molecule has 90 valence electrons. The molecule has 2 aromatic heterocycles. The van der Waals surface area contributed by atoms with Crippen molar-refractivity contribution in [2.75, 3.05) is 0 Å². The predicted molar refractivity (Wildman–Crippen MR) is 74.0 cm³/mol.